The van der Waals surface area contributed by atoms with Crippen molar-refractivity contribution in [1.82, 2.24) is 0 Å². The minimum Gasteiger partial charge on any atom is -0.486 e. The molecular formula is C20H24O7S. The van der Waals surface area contributed by atoms with Crippen LogP contribution in [0.25, 0.3) is 0 Å². The van der Waals surface area contributed by atoms with Gasteiger partial charge in [0.2, 0.25) is 0 Å². The van der Waals surface area contributed by atoms with E-state index in [-0.39, 0.29) is 11.9 Å². The average Bonchev–Trinajstić information content (AvgIpc) is 2.66. The first-order chi connectivity index (χ1) is 13.2. The maximum absolute atomic E-state index is 11.6. The Labute approximate surface area is 165 Å². The maximum atomic E-state index is 11.6. The fraction of sp³-hybridized carbons (Fsp3) is 0.350. The van der Waals surface area contributed by atoms with Gasteiger partial charge in [0.15, 0.2) is 6.10 Å². The van der Waals surface area contributed by atoms with Crippen LogP contribution < -0.4 is 8.92 Å². The van der Waals surface area contributed by atoms with Gasteiger partial charge in [0, 0.05) is 13.5 Å². The molecule has 2 aromatic carbocycles. The van der Waals surface area contributed by atoms with Crippen molar-refractivity contribution < 1.29 is 31.6 Å². The van der Waals surface area contributed by atoms with Crippen molar-refractivity contribution in [3.05, 3.63) is 59.7 Å². The van der Waals surface area contributed by atoms with E-state index in [1.165, 1.54) is 14.2 Å². The molecule has 2 aromatic rings. The molecule has 0 aromatic heterocycles. The molecule has 2 unspecified atom stereocenters. The minimum atomic E-state index is -3.55. The number of rotatable bonds is 9. The van der Waals surface area contributed by atoms with Crippen LogP contribution in [0.4, 0.5) is 0 Å². The molecular weight excluding hydrogens is 384 g/mol. The summed E-state index contributed by atoms with van der Waals surface area (Å²) in [7, 11) is -0.759. The van der Waals surface area contributed by atoms with Crippen LogP contribution in [0.5, 0.6) is 11.5 Å². The number of hydrogen-bond donors (Lipinski definition) is 0. The zero-order valence-electron chi connectivity index (χ0n) is 16.2. The molecule has 0 fully saturated rings. The van der Waals surface area contributed by atoms with Crippen LogP contribution in [0.15, 0.2) is 48.5 Å². The fourth-order valence-corrected chi connectivity index (χ4v) is 3.01. The Balaban J connectivity index is 1.98. The van der Waals surface area contributed by atoms with Crippen molar-refractivity contribution in [2.45, 2.75) is 25.6 Å². The van der Waals surface area contributed by atoms with Crippen LogP contribution in [0, 0.1) is 0 Å². The van der Waals surface area contributed by atoms with E-state index in [1.807, 2.05) is 31.2 Å². The highest BCUT2D eigenvalue weighted by Crippen LogP contribution is 2.24. The predicted octanol–water partition coefficient (Wildman–Crippen LogP) is 2.90. The zero-order chi connectivity index (χ0) is 20.7. The summed E-state index contributed by atoms with van der Waals surface area (Å²) < 4.78 is 42.9. The standard InChI is InChI=1S/C20H24O7S/c1-14(16-7-11-18(12-8-16)27-28(4,22)23)26-17-9-5-15(6-10-17)13-19(24-2)20(21)25-3/h5-12,14,19H,13H2,1-4H3. The number of carbonyl (C=O) groups is 1. The molecule has 0 aliphatic heterocycles. The lowest BCUT2D eigenvalue weighted by molar-refractivity contribution is -0.152. The molecule has 0 saturated carbocycles. The van der Waals surface area contributed by atoms with Gasteiger partial charge in [-0.15, -0.1) is 0 Å². The number of benzene rings is 2. The lowest BCUT2D eigenvalue weighted by Gasteiger charge is -2.16. The fourth-order valence-electron chi connectivity index (χ4n) is 2.55. The van der Waals surface area contributed by atoms with Gasteiger partial charge < -0.3 is 18.4 Å². The summed E-state index contributed by atoms with van der Waals surface area (Å²) in [4.78, 5) is 11.6. The predicted molar refractivity (Wildman–Crippen MR) is 104 cm³/mol. The van der Waals surface area contributed by atoms with Gasteiger partial charge in [-0.05, 0) is 42.3 Å². The molecule has 0 bridgehead atoms. The second-order valence-corrected chi connectivity index (χ2v) is 7.79. The first-order valence-corrected chi connectivity index (χ1v) is 10.4. The number of methoxy groups -OCH3 is 2. The Morgan fingerprint density at radius 2 is 1.54 bits per heavy atom. The number of esters is 1. The van der Waals surface area contributed by atoms with E-state index in [9.17, 15) is 13.2 Å². The van der Waals surface area contributed by atoms with Gasteiger partial charge in [-0.3, -0.25) is 0 Å². The molecule has 0 N–H and O–H groups in total. The normalized spacial score (nSPS) is 13.4. The van der Waals surface area contributed by atoms with Crippen LogP contribution in [0.3, 0.4) is 0 Å². The summed E-state index contributed by atoms with van der Waals surface area (Å²) in [5, 5.41) is 0. The molecule has 7 nitrogen and oxygen atoms in total. The molecule has 28 heavy (non-hydrogen) atoms. The average molecular weight is 408 g/mol. The smallest absolute Gasteiger partial charge is 0.335 e. The Morgan fingerprint density at radius 3 is 2.04 bits per heavy atom. The van der Waals surface area contributed by atoms with Crippen LogP contribution in [0.1, 0.15) is 24.2 Å². The highest BCUT2D eigenvalue weighted by Gasteiger charge is 2.18. The Bertz CT molecular complexity index is 874. The van der Waals surface area contributed by atoms with Crippen LogP contribution >= 0.6 is 0 Å². The third-order valence-electron chi connectivity index (χ3n) is 4.00. The van der Waals surface area contributed by atoms with Crippen LogP contribution in [-0.2, 0) is 30.8 Å². The van der Waals surface area contributed by atoms with Gasteiger partial charge in [-0.1, -0.05) is 24.3 Å². The topological polar surface area (TPSA) is 88.1 Å². The van der Waals surface area contributed by atoms with Crippen molar-refractivity contribution in [1.29, 1.82) is 0 Å². The third kappa shape index (κ3) is 6.54. The highest BCUT2D eigenvalue weighted by molar-refractivity contribution is 7.86. The Hall–Kier alpha value is -2.58. The van der Waals surface area contributed by atoms with Gasteiger partial charge in [-0.2, -0.15) is 8.42 Å². The van der Waals surface area contributed by atoms with E-state index >= 15 is 0 Å². The third-order valence-corrected chi connectivity index (χ3v) is 4.50. The molecule has 0 radical (unpaired) electrons. The molecule has 2 atom stereocenters. The number of ether oxygens (including phenoxy) is 3. The lowest BCUT2D eigenvalue weighted by atomic mass is 10.1. The SMILES string of the molecule is COC(=O)C(Cc1ccc(OC(C)c2ccc(OS(C)(=O)=O)cc2)cc1)OC. The quantitative estimate of drug-likeness (QED) is 0.466. The van der Waals surface area contributed by atoms with E-state index in [2.05, 4.69) is 0 Å². The van der Waals surface area contributed by atoms with Crippen molar-refractivity contribution in [2.24, 2.45) is 0 Å². The van der Waals surface area contributed by atoms with Crippen LogP contribution in [0.2, 0.25) is 0 Å². The van der Waals surface area contributed by atoms with Crippen LogP contribution in [-0.4, -0.2) is 41.0 Å². The minimum absolute atomic E-state index is 0.250. The molecule has 8 heteroatoms. The van der Waals surface area contributed by atoms with Crippen molar-refractivity contribution in [3.8, 4) is 11.5 Å². The summed E-state index contributed by atoms with van der Waals surface area (Å²) >= 11 is 0. The highest BCUT2D eigenvalue weighted by atomic mass is 32.2. The van der Waals surface area contributed by atoms with E-state index in [0.717, 1.165) is 17.4 Å². The van der Waals surface area contributed by atoms with Gasteiger partial charge in [-0.25, -0.2) is 4.79 Å². The molecule has 0 saturated heterocycles. The molecule has 0 heterocycles. The van der Waals surface area contributed by atoms with Crippen molar-refractivity contribution in [2.75, 3.05) is 20.5 Å². The summed E-state index contributed by atoms with van der Waals surface area (Å²) in [6, 6.07) is 14.0. The zero-order valence-corrected chi connectivity index (χ0v) is 17.1. The summed E-state index contributed by atoms with van der Waals surface area (Å²) in [5.41, 5.74) is 1.79. The second-order valence-electron chi connectivity index (χ2n) is 6.21. The van der Waals surface area contributed by atoms with E-state index in [1.54, 1.807) is 24.3 Å². The van der Waals surface area contributed by atoms with E-state index in [4.69, 9.17) is 18.4 Å². The molecule has 2 rings (SSSR count). The second kappa shape index (κ2) is 9.57. The molecule has 0 spiro atoms. The number of hydrogen-bond acceptors (Lipinski definition) is 7. The Kier molecular flexibility index (Phi) is 7.42. The van der Waals surface area contributed by atoms with Crippen molar-refractivity contribution in [3.63, 3.8) is 0 Å². The molecule has 0 amide bonds. The van der Waals surface area contributed by atoms with Gasteiger partial charge in [0.1, 0.15) is 17.6 Å². The summed E-state index contributed by atoms with van der Waals surface area (Å²) in [6.07, 6.45) is 0.500. The molecule has 152 valence electrons. The monoisotopic (exact) mass is 408 g/mol. The van der Waals surface area contributed by atoms with E-state index in [0.29, 0.717) is 12.2 Å². The van der Waals surface area contributed by atoms with Crippen molar-refractivity contribution >= 4 is 16.1 Å². The van der Waals surface area contributed by atoms with Gasteiger partial charge >= 0.3 is 16.1 Å². The van der Waals surface area contributed by atoms with E-state index < -0.39 is 22.2 Å². The Morgan fingerprint density at radius 1 is 0.964 bits per heavy atom. The largest absolute Gasteiger partial charge is 0.486 e. The molecule has 0 aliphatic rings. The van der Waals surface area contributed by atoms with Gasteiger partial charge in [0.05, 0.1) is 13.4 Å². The summed E-state index contributed by atoms with van der Waals surface area (Å²) in [6.45, 7) is 1.89. The molecule has 0 aliphatic carbocycles. The summed E-state index contributed by atoms with van der Waals surface area (Å²) in [5.74, 6) is 0.501. The first kappa shape index (κ1) is 21.7. The maximum Gasteiger partial charge on any atom is 0.335 e. The van der Waals surface area contributed by atoms with Gasteiger partial charge in [0.25, 0.3) is 0 Å². The first-order valence-electron chi connectivity index (χ1n) is 8.57. The number of carbonyl (C=O) groups excluding carboxylic acids is 1. The lowest BCUT2D eigenvalue weighted by Crippen LogP contribution is -2.26.